The molecule has 2 aliphatic rings. The van der Waals surface area contributed by atoms with Crippen LogP contribution >= 0.6 is 0 Å². The van der Waals surface area contributed by atoms with Gasteiger partial charge in [0, 0.05) is 12.0 Å². The lowest BCUT2D eigenvalue weighted by atomic mass is 9.80. The molecular formula is C17H27N3O2. The number of rotatable bonds is 6. The molecule has 22 heavy (non-hydrogen) atoms. The fourth-order valence-electron chi connectivity index (χ4n) is 2.80. The first-order valence-electron chi connectivity index (χ1n) is 8.33. The Morgan fingerprint density at radius 2 is 1.95 bits per heavy atom. The second kappa shape index (κ2) is 8.11. The first-order valence-corrected chi connectivity index (χ1v) is 8.33. The third-order valence-corrected chi connectivity index (χ3v) is 4.56. The Morgan fingerprint density at radius 1 is 1.27 bits per heavy atom. The van der Waals surface area contributed by atoms with E-state index in [4.69, 9.17) is 15.9 Å². The number of hydrogen-bond donors (Lipinski definition) is 2. The average Bonchev–Trinajstić information content (AvgIpc) is 3.35. The Balaban J connectivity index is 1.78. The largest absolute Gasteiger partial charge is 0.478 e. The maximum absolute atomic E-state index is 12.1. The van der Waals surface area contributed by atoms with E-state index >= 15 is 0 Å². The van der Waals surface area contributed by atoms with Crippen LogP contribution in [0.4, 0.5) is 0 Å². The summed E-state index contributed by atoms with van der Waals surface area (Å²) in [5, 5.41) is 7.63. The number of hydrogen-bond acceptors (Lipinski definition) is 3. The molecule has 122 valence electrons. The standard InChI is InChI=1S/C17H27N3O2/c1-12(14-5-3-2-4-6-14)17(21)20-15(18)9-10-16(19)22-11-13-7-8-13/h9-10,12-14,19H,2-8,11H2,1H3,(H2,18,20,21)/b10-9-,19-16?. The number of nitrogens with one attached hydrogen (secondary N) is 1. The van der Waals surface area contributed by atoms with Crippen LogP contribution in [0.5, 0.6) is 0 Å². The predicted molar refractivity (Wildman–Crippen MR) is 87.9 cm³/mol. The quantitative estimate of drug-likeness (QED) is 0.584. The normalized spacial score (nSPS) is 21.8. The third-order valence-electron chi connectivity index (χ3n) is 4.56. The van der Waals surface area contributed by atoms with Crippen molar-refractivity contribution < 1.29 is 9.53 Å². The summed E-state index contributed by atoms with van der Waals surface area (Å²) in [6.45, 7) is 2.54. The molecule has 2 fully saturated rings. The van der Waals surface area contributed by atoms with Gasteiger partial charge in [-0.15, -0.1) is 0 Å². The highest BCUT2D eigenvalue weighted by Crippen LogP contribution is 2.30. The van der Waals surface area contributed by atoms with E-state index in [9.17, 15) is 4.79 Å². The zero-order valence-corrected chi connectivity index (χ0v) is 13.4. The molecule has 1 amide bonds. The van der Waals surface area contributed by atoms with E-state index in [1.807, 2.05) is 6.92 Å². The number of amides is 1. The molecule has 0 aliphatic heterocycles. The van der Waals surface area contributed by atoms with Crippen LogP contribution in [0.25, 0.3) is 0 Å². The Morgan fingerprint density at radius 3 is 2.59 bits per heavy atom. The van der Waals surface area contributed by atoms with Crippen LogP contribution in [0.3, 0.4) is 0 Å². The van der Waals surface area contributed by atoms with Crippen LogP contribution in [0.15, 0.2) is 17.1 Å². The zero-order valence-electron chi connectivity index (χ0n) is 13.4. The average molecular weight is 305 g/mol. The van der Waals surface area contributed by atoms with Crippen LogP contribution < -0.4 is 5.73 Å². The molecule has 0 spiro atoms. The van der Waals surface area contributed by atoms with Gasteiger partial charge in [0.25, 0.3) is 5.91 Å². The summed E-state index contributed by atoms with van der Waals surface area (Å²) in [6.07, 6.45) is 11.2. The Kier molecular flexibility index (Phi) is 6.16. The molecule has 1 unspecified atom stereocenters. The minimum absolute atomic E-state index is 0.0674. The Bertz CT molecular complexity index is 461. The van der Waals surface area contributed by atoms with Crippen molar-refractivity contribution in [3.8, 4) is 0 Å². The second-order valence-corrected chi connectivity index (χ2v) is 6.51. The maximum Gasteiger partial charge on any atom is 0.250 e. The van der Waals surface area contributed by atoms with E-state index in [0.29, 0.717) is 18.4 Å². The topological polar surface area (TPSA) is 88.5 Å². The summed E-state index contributed by atoms with van der Waals surface area (Å²) >= 11 is 0. The van der Waals surface area contributed by atoms with Gasteiger partial charge < -0.3 is 10.5 Å². The number of ether oxygens (including phenoxy) is 1. The van der Waals surface area contributed by atoms with E-state index in [-0.39, 0.29) is 23.6 Å². The Labute approximate surface area is 132 Å². The first-order chi connectivity index (χ1) is 10.6. The van der Waals surface area contributed by atoms with E-state index in [2.05, 4.69) is 4.99 Å². The van der Waals surface area contributed by atoms with Crippen molar-refractivity contribution in [1.82, 2.24) is 0 Å². The molecule has 0 aromatic rings. The van der Waals surface area contributed by atoms with Gasteiger partial charge in [-0.1, -0.05) is 26.2 Å². The summed E-state index contributed by atoms with van der Waals surface area (Å²) in [5.41, 5.74) is 5.75. The van der Waals surface area contributed by atoms with Gasteiger partial charge >= 0.3 is 0 Å². The van der Waals surface area contributed by atoms with Crippen molar-refractivity contribution in [1.29, 1.82) is 5.41 Å². The molecule has 0 bridgehead atoms. The highest BCUT2D eigenvalue weighted by molar-refractivity contribution is 6.03. The van der Waals surface area contributed by atoms with E-state index in [1.165, 1.54) is 44.3 Å². The number of carbonyl (C=O) groups is 1. The van der Waals surface area contributed by atoms with Gasteiger partial charge in [0.2, 0.25) is 5.90 Å². The number of carbonyl (C=O) groups excluding carboxylic acids is 1. The van der Waals surface area contributed by atoms with Gasteiger partial charge in [-0.3, -0.25) is 10.2 Å². The molecule has 0 aromatic heterocycles. The van der Waals surface area contributed by atoms with E-state index < -0.39 is 0 Å². The van der Waals surface area contributed by atoms with Gasteiger partial charge in [-0.2, -0.15) is 4.99 Å². The minimum Gasteiger partial charge on any atom is -0.478 e. The summed E-state index contributed by atoms with van der Waals surface area (Å²) in [4.78, 5) is 16.1. The number of nitrogens with zero attached hydrogens (tertiary/aromatic N) is 1. The lowest BCUT2D eigenvalue weighted by Gasteiger charge is -2.25. The van der Waals surface area contributed by atoms with Gasteiger partial charge in [-0.05, 0) is 43.6 Å². The molecule has 2 aliphatic carbocycles. The summed E-state index contributed by atoms with van der Waals surface area (Å²) in [6, 6.07) is 0. The summed E-state index contributed by atoms with van der Waals surface area (Å²) < 4.78 is 5.26. The van der Waals surface area contributed by atoms with Crippen molar-refractivity contribution >= 4 is 17.6 Å². The van der Waals surface area contributed by atoms with Crippen LogP contribution in [0, 0.1) is 23.2 Å². The van der Waals surface area contributed by atoms with E-state index in [1.54, 1.807) is 0 Å². The lowest BCUT2D eigenvalue weighted by Crippen LogP contribution is -2.24. The van der Waals surface area contributed by atoms with E-state index in [0.717, 1.165) is 12.8 Å². The van der Waals surface area contributed by atoms with Gasteiger partial charge in [0.15, 0.2) is 0 Å². The first kappa shape index (κ1) is 16.7. The monoisotopic (exact) mass is 305 g/mol. The van der Waals surface area contributed by atoms with Crippen LogP contribution in [-0.4, -0.2) is 24.2 Å². The fraction of sp³-hybridized carbons (Fsp3) is 0.706. The summed E-state index contributed by atoms with van der Waals surface area (Å²) in [5.74, 6) is 1.03. The molecule has 0 aromatic carbocycles. The lowest BCUT2D eigenvalue weighted by molar-refractivity contribution is -0.122. The molecule has 5 nitrogen and oxygen atoms in total. The number of amidine groups is 1. The van der Waals surface area contributed by atoms with Crippen molar-refractivity contribution in [3.63, 3.8) is 0 Å². The Hall–Kier alpha value is -1.65. The molecule has 5 heteroatoms. The molecule has 0 radical (unpaired) electrons. The minimum atomic E-state index is -0.153. The molecule has 0 saturated heterocycles. The third kappa shape index (κ3) is 5.62. The van der Waals surface area contributed by atoms with Crippen LogP contribution in [0.2, 0.25) is 0 Å². The van der Waals surface area contributed by atoms with Crippen LogP contribution in [0.1, 0.15) is 51.9 Å². The SMILES string of the molecule is CC(C(=O)N=C(N)/C=C\C(=N)OCC1CC1)C1CCCCC1. The second-order valence-electron chi connectivity index (χ2n) is 6.51. The zero-order chi connectivity index (χ0) is 15.9. The molecule has 0 heterocycles. The fourth-order valence-corrected chi connectivity index (χ4v) is 2.80. The molecular weight excluding hydrogens is 278 g/mol. The molecule has 1 atom stereocenters. The van der Waals surface area contributed by atoms with Gasteiger partial charge in [0.05, 0.1) is 6.61 Å². The molecule has 3 N–H and O–H groups in total. The molecule has 2 saturated carbocycles. The number of nitrogens with two attached hydrogens (primary N) is 1. The van der Waals surface area contributed by atoms with Crippen molar-refractivity contribution in [2.24, 2.45) is 28.5 Å². The number of aliphatic imine (C=N–C) groups is 1. The summed E-state index contributed by atoms with van der Waals surface area (Å²) in [7, 11) is 0. The van der Waals surface area contributed by atoms with Gasteiger partial charge in [-0.25, -0.2) is 0 Å². The van der Waals surface area contributed by atoms with Crippen molar-refractivity contribution in [2.75, 3.05) is 6.61 Å². The smallest absolute Gasteiger partial charge is 0.250 e. The molecule has 2 rings (SSSR count). The predicted octanol–water partition coefficient (Wildman–Crippen LogP) is 3.05. The van der Waals surface area contributed by atoms with Gasteiger partial charge in [0.1, 0.15) is 5.84 Å². The maximum atomic E-state index is 12.1. The van der Waals surface area contributed by atoms with Crippen molar-refractivity contribution in [3.05, 3.63) is 12.2 Å². The highest BCUT2D eigenvalue weighted by atomic mass is 16.5. The van der Waals surface area contributed by atoms with Crippen LogP contribution in [-0.2, 0) is 9.53 Å². The highest BCUT2D eigenvalue weighted by Gasteiger charge is 2.25. The van der Waals surface area contributed by atoms with Crippen molar-refractivity contribution in [2.45, 2.75) is 51.9 Å².